The predicted octanol–water partition coefficient (Wildman–Crippen LogP) is 2.16. The molecule has 0 aliphatic rings. The molecule has 0 aromatic heterocycles. The number of methoxy groups -OCH3 is 1. The van der Waals surface area contributed by atoms with E-state index >= 15 is 0 Å². The van der Waals surface area contributed by atoms with Crippen molar-refractivity contribution in [1.82, 2.24) is 5.32 Å². The molecule has 19 heavy (non-hydrogen) atoms. The molecule has 0 spiro atoms. The third-order valence-corrected chi connectivity index (χ3v) is 2.63. The maximum Gasteiger partial charge on any atom is 0.338 e. The van der Waals surface area contributed by atoms with E-state index in [0.717, 1.165) is 18.5 Å². The van der Waals surface area contributed by atoms with Gasteiger partial charge in [0.2, 0.25) is 0 Å². The molecule has 0 atom stereocenters. The smallest absolute Gasteiger partial charge is 0.338 e. The molecule has 0 unspecified atom stereocenters. The monoisotopic (exact) mass is 263 g/mol. The molecule has 0 radical (unpaired) electrons. The Bertz CT molecular complexity index is 404. The second-order valence-corrected chi connectivity index (χ2v) is 4.02. The molecular formula is C15H21NO3. The van der Waals surface area contributed by atoms with Gasteiger partial charge < -0.3 is 14.8 Å². The highest BCUT2D eigenvalue weighted by molar-refractivity contribution is 5.90. The van der Waals surface area contributed by atoms with Gasteiger partial charge in [0.15, 0.2) is 0 Å². The van der Waals surface area contributed by atoms with Crippen LogP contribution in [0.2, 0.25) is 0 Å². The van der Waals surface area contributed by atoms with Crippen molar-refractivity contribution in [1.29, 1.82) is 0 Å². The van der Waals surface area contributed by atoms with E-state index in [2.05, 4.69) is 11.9 Å². The summed E-state index contributed by atoms with van der Waals surface area (Å²) in [6.07, 6.45) is 2.70. The second-order valence-electron chi connectivity index (χ2n) is 4.02. The molecule has 0 saturated heterocycles. The lowest BCUT2D eigenvalue weighted by Crippen LogP contribution is -2.21. The van der Waals surface area contributed by atoms with Crippen molar-refractivity contribution < 1.29 is 14.3 Å². The first-order valence-electron chi connectivity index (χ1n) is 6.35. The Morgan fingerprint density at radius 2 is 2.16 bits per heavy atom. The van der Waals surface area contributed by atoms with Crippen LogP contribution in [-0.2, 0) is 16.0 Å². The summed E-state index contributed by atoms with van der Waals surface area (Å²) < 4.78 is 10.1. The Balaban J connectivity index is 2.33. The van der Waals surface area contributed by atoms with E-state index in [0.29, 0.717) is 25.3 Å². The van der Waals surface area contributed by atoms with Crippen molar-refractivity contribution in [3.63, 3.8) is 0 Å². The molecule has 1 rings (SSSR count). The van der Waals surface area contributed by atoms with Gasteiger partial charge in [0.05, 0.1) is 25.9 Å². The van der Waals surface area contributed by atoms with Crippen LogP contribution < -0.4 is 5.32 Å². The summed E-state index contributed by atoms with van der Waals surface area (Å²) in [6.45, 7) is 6.34. The summed E-state index contributed by atoms with van der Waals surface area (Å²) in [5.74, 6) is -0.306. The molecule has 4 nitrogen and oxygen atoms in total. The van der Waals surface area contributed by atoms with E-state index in [-0.39, 0.29) is 5.97 Å². The summed E-state index contributed by atoms with van der Waals surface area (Å²) in [4.78, 5) is 11.6. The van der Waals surface area contributed by atoms with Crippen LogP contribution in [0.5, 0.6) is 0 Å². The van der Waals surface area contributed by atoms with E-state index in [1.807, 2.05) is 24.3 Å². The van der Waals surface area contributed by atoms with Gasteiger partial charge in [0.1, 0.15) is 0 Å². The molecule has 0 heterocycles. The Morgan fingerprint density at radius 3 is 2.89 bits per heavy atom. The normalized spacial score (nSPS) is 10.2. The number of rotatable bonds is 9. The van der Waals surface area contributed by atoms with Crippen LogP contribution in [0.1, 0.15) is 22.3 Å². The predicted molar refractivity (Wildman–Crippen MR) is 75.1 cm³/mol. The molecule has 0 fully saturated rings. The molecule has 0 bridgehead atoms. The van der Waals surface area contributed by atoms with Crippen LogP contribution >= 0.6 is 0 Å². The minimum Gasteiger partial charge on any atom is -0.465 e. The van der Waals surface area contributed by atoms with E-state index in [9.17, 15) is 4.79 Å². The van der Waals surface area contributed by atoms with Crippen molar-refractivity contribution in [3.05, 3.63) is 48.0 Å². The van der Waals surface area contributed by atoms with E-state index in [4.69, 9.17) is 9.47 Å². The van der Waals surface area contributed by atoms with Gasteiger partial charge in [0, 0.05) is 13.1 Å². The summed E-state index contributed by atoms with van der Waals surface area (Å²) in [5, 5.41) is 3.24. The minimum absolute atomic E-state index is 0.306. The van der Waals surface area contributed by atoms with Gasteiger partial charge in [-0.2, -0.15) is 0 Å². The van der Waals surface area contributed by atoms with Gasteiger partial charge >= 0.3 is 5.97 Å². The van der Waals surface area contributed by atoms with Crippen LogP contribution in [0.4, 0.5) is 0 Å². The number of nitrogens with one attached hydrogen (secondary N) is 1. The summed E-state index contributed by atoms with van der Waals surface area (Å²) in [7, 11) is 1.39. The van der Waals surface area contributed by atoms with Gasteiger partial charge in [-0.25, -0.2) is 4.79 Å². The highest BCUT2D eigenvalue weighted by Crippen LogP contribution is 2.09. The number of carbonyl (C=O) groups excluding carboxylic acids is 1. The largest absolute Gasteiger partial charge is 0.465 e. The minimum atomic E-state index is -0.306. The molecule has 1 aromatic rings. The Hall–Kier alpha value is -1.65. The Morgan fingerprint density at radius 1 is 1.37 bits per heavy atom. The van der Waals surface area contributed by atoms with Crippen LogP contribution in [0, 0.1) is 0 Å². The number of ether oxygens (including phenoxy) is 2. The summed E-state index contributed by atoms with van der Waals surface area (Å²) >= 11 is 0. The molecule has 1 aromatic carbocycles. The molecule has 0 aliphatic heterocycles. The second kappa shape index (κ2) is 9.30. The third-order valence-electron chi connectivity index (χ3n) is 2.63. The van der Waals surface area contributed by atoms with E-state index < -0.39 is 0 Å². The standard InChI is InChI=1S/C15H21NO3/c1-3-4-10-19-11-9-16-12-13-7-5-6-8-14(13)15(17)18-2/h3,5-8,16H,1,4,9-12H2,2H3. The molecule has 4 heteroatoms. The number of benzene rings is 1. The number of hydrogen-bond donors (Lipinski definition) is 1. The zero-order valence-electron chi connectivity index (χ0n) is 11.4. The Labute approximate surface area is 114 Å². The first-order chi connectivity index (χ1) is 9.29. The Kier molecular flexibility index (Phi) is 7.54. The third kappa shape index (κ3) is 5.68. The maximum absolute atomic E-state index is 11.6. The topological polar surface area (TPSA) is 47.6 Å². The van der Waals surface area contributed by atoms with Crippen LogP contribution in [0.3, 0.4) is 0 Å². The van der Waals surface area contributed by atoms with Crippen molar-refractivity contribution in [2.75, 3.05) is 26.9 Å². The molecule has 0 amide bonds. The molecule has 1 N–H and O–H groups in total. The van der Waals surface area contributed by atoms with Crippen LogP contribution in [0.25, 0.3) is 0 Å². The zero-order valence-corrected chi connectivity index (χ0v) is 11.4. The maximum atomic E-state index is 11.6. The highest BCUT2D eigenvalue weighted by Gasteiger charge is 2.09. The van der Waals surface area contributed by atoms with Crippen LogP contribution in [0.15, 0.2) is 36.9 Å². The fraction of sp³-hybridized carbons (Fsp3) is 0.400. The number of carbonyl (C=O) groups is 1. The first kappa shape index (κ1) is 15.4. The first-order valence-corrected chi connectivity index (χ1v) is 6.35. The SMILES string of the molecule is C=CCCOCCNCc1ccccc1C(=O)OC. The molecular weight excluding hydrogens is 242 g/mol. The van der Waals surface area contributed by atoms with Gasteiger partial charge in [-0.1, -0.05) is 24.3 Å². The average Bonchev–Trinajstić information content (AvgIpc) is 2.46. The molecule has 0 aliphatic carbocycles. The van der Waals surface area contributed by atoms with Crippen molar-refractivity contribution in [3.8, 4) is 0 Å². The lowest BCUT2D eigenvalue weighted by Gasteiger charge is -2.09. The van der Waals surface area contributed by atoms with Crippen molar-refractivity contribution >= 4 is 5.97 Å². The van der Waals surface area contributed by atoms with Gasteiger partial charge in [-0.05, 0) is 18.1 Å². The lowest BCUT2D eigenvalue weighted by atomic mass is 10.1. The van der Waals surface area contributed by atoms with Crippen molar-refractivity contribution in [2.45, 2.75) is 13.0 Å². The fourth-order valence-electron chi connectivity index (χ4n) is 1.62. The van der Waals surface area contributed by atoms with Crippen LogP contribution in [-0.4, -0.2) is 32.8 Å². The van der Waals surface area contributed by atoms with Crippen molar-refractivity contribution in [2.24, 2.45) is 0 Å². The summed E-state index contributed by atoms with van der Waals surface area (Å²) in [5.41, 5.74) is 1.53. The van der Waals surface area contributed by atoms with Gasteiger partial charge in [-0.3, -0.25) is 0 Å². The molecule has 0 saturated carbocycles. The number of esters is 1. The fourth-order valence-corrected chi connectivity index (χ4v) is 1.62. The van der Waals surface area contributed by atoms with E-state index in [1.54, 1.807) is 6.07 Å². The molecule has 104 valence electrons. The quantitative estimate of drug-likeness (QED) is 0.421. The lowest BCUT2D eigenvalue weighted by molar-refractivity contribution is 0.0599. The highest BCUT2D eigenvalue weighted by atomic mass is 16.5. The van der Waals surface area contributed by atoms with Gasteiger partial charge in [-0.15, -0.1) is 6.58 Å². The van der Waals surface area contributed by atoms with E-state index in [1.165, 1.54) is 7.11 Å². The summed E-state index contributed by atoms with van der Waals surface area (Å²) in [6, 6.07) is 7.42. The van der Waals surface area contributed by atoms with Gasteiger partial charge in [0.25, 0.3) is 0 Å². The zero-order chi connectivity index (χ0) is 13.9. The average molecular weight is 263 g/mol. The number of hydrogen-bond acceptors (Lipinski definition) is 4.